The maximum atomic E-state index is 12.5. The summed E-state index contributed by atoms with van der Waals surface area (Å²) < 4.78 is 48.3. The Morgan fingerprint density at radius 3 is 2.33 bits per heavy atom. The van der Waals surface area contributed by atoms with Crippen LogP contribution in [0.15, 0.2) is 42.5 Å². The summed E-state index contributed by atoms with van der Waals surface area (Å²) >= 11 is 1.20. The quantitative estimate of drug-likeness (QED) is 0.752. The van der Waals surface area contributed by atoms with Gasteiger partial charge in [0.15, 0.2) is 11.4 Å². The van der Waals surface area contributed by atoms with Gasteiger partial charge >= 0.3 is 6.18 Å². The number of carbonyl (C=O) groups excluding carboxylic acids is 1. The molecule has 0 N–H and O–H groups in total. The van der Waals surface area contributed by atoms with Crippen LogP contribution in [0.4, 0.5) is 13.2 Å². The minimum Gasteiger partial charge on any atom is -0.348 e. The Morgan fingerprint density at radius 2 is 1.79 bits per heavy atom. The molecule has 0 unspecified atom stereocenters. The lowest BCUT2D eigenvalue weighted by Gasteiger charge is -2.26. The average Bonchev–Trinajstić information content (AvgIpc) is 2.52. The molecule has 24 heavy (non-hydrogen) atoms. The first-order valence-electron chi connectivity index (χ1n) is 7.27. The molecule has 2 rings (SSSR count). The van der Waals surface area contributed by atoms with E-state index < -0.39 is 18.0 Å². The molecule has 0 spiro atoms. The summed E-state index contributed by atoms with van der Waals surface area (Å²) in [5.41, 5.74) is -0.00626. The molecule has 7 heteroatoms. The van der Waals surface area contributed by atoms with Crippen molar-refractivity contribution in [2.45, 2.75) is 24.6 Å². The van der Waals surface area contributed by atoms with Crippen LogP contribution >= 0.6 is 11.8 Å². The lowest BCUT2D eigenvalue weighted by Crippen LogP contribution is -2.33. The summed E-state index contributed by atoms with van der Waals surface area (Å²) in [6, 6.07) is 4.90. The Labute approximate surface area is 142 Å². The van der Waals surface area contributed by atoms with Crippen molar-refractivity contribution in [1.29, 1.82) is 0 Å². The number of alkyl halides is 3. The highest BCUT2D eigenvalue weighted by molar-refractivity contribution is 8.14. The monoisotopic (exact) mass is 358 g/mol. The van der Waals surface area contributed by atoms with Crippen LogP contribution < -0.4 is 0 Å². The van der Waals surface area contributed by atoms with Crippen LogP contribution in [0, 0.1) is 0 Å². The molecule has 1 fully saturated rings. The van der Waals surface area contributed by atoms with Gasteiger partial charge in [0.25, 0.3) is 0 Å². The average molecular weight is 358 g/mol. The van der Waals surface area contributed by atoms with Crippen LogP contribution in [0.25, 0.3) is 6.08 Å². The number of carbonyl (C=O) groups is 1. The molecule has 1 aromatic rings. The molecule has 1 aromatic carbocycles. The maximum Gasteiger partial charge on any atom is 0.416 e. The Balaban J connectivity index is 1.80. The van der Waals surface area contributed by atoms with Crippen molar-refractivity contribution in [1.82, 2.24) is 0 Å². The maximum absolute atomic E-state index is 12.5. The molecule has 1 saturated heterocycles. The number of ether oxygens (including phenoxy) is 2. The number of rotatable bonds is 4. The van der Waals surface area contributed by atoms with Gasteiger partial charge in [-0.15, -0.1) is 0 Å². The van der Waals surface area contributed by atoms with E-state index in [1.807, 2.05) is 0 Å². The Hall–Kier alpha value is -1.57. The first kappa shape index (κ1) is 18.8. The van der Waals surface area contributed by atoms with Crippen LogP contribution in [0.5, 0.6) is 0 Å². The molecule has 1 heterocycles. The molecule has 0 atom stereocenters. The number of benzene rings is 1. The highest BCUT2D eigenvalue weighted by atomic mass is 32.2. The van der Waals surface area contributed by atoms with Crippen molar-refractivity contribution in [3.63, 3.8) is 0 Å². The molecule has 0 bridgehead atoms. The number of halogens is 3. The summed E-state index contributed by atoms with van der Waals surface area (Å²) in [6.07, 6.45) is 2.00. The molecule has 0 amide bonds. The van der Waals surface area contributed by atoms with Gasteiger partial charge in [-0.3, -0.25) is 4.79 Å². The molecule has 0 radical (unpaired) electrons. The van der Waals surface area contributed by atoms with Crippen LogP contribution in [0.1, 0.15) is 18.1 Å². The van der Waals surface area contributed by atoms with Crippen molar-refractivity contribution in [3.05, 3.63) is 53.6 Å². The summed E-state index contributed by atoms with van der Waals surface area (Å²) in [5.74, 6) is 0. The Bertz CT molecular complexity index is 601. The standard InChI is InChI=1S/C17H17F3O3S/c1-12(21)24-15-10-22-16(23-11-15)5-3-2-4-13-6-8-14(9-7-13)17(18,19)20/h2-9,15-16H,10-11H2,1H3/b4-2+,5-3+. The van der Waals surface area contributed by atoms with Crippen LogP contribution in [-0.2, 0) is 20.4 Å². The number of hydrogen-bond donors (Lipinski definition) is 0. The highest BCUT2D eigenvalue weighted by Gasteiger charge is 2.29. The van der Waals surface area contributed by atoms with E-state index >= 15 is 0 Å². The molecule has 0 aliphatic carbocycles. The van der Waals surface area contributed by atoms with Gasteiger partial charge < -0.3 is 9.47 Å². The zero-order chi connectivity index (χ0) is 17.6. The molecule has 130 valence electrons. The summed E-state index contributed by atoms with van der Waals surface area (Å²) in [4.78, 5) is 11.0. The Kier molecular flexibility index (Phi) is 6.65. The fourth-order valence-electron chi connectivity index (χ4n) is 2.02. The third-order valence-electron chi connectivity index (χ3n) is 3.13. The van der Waals surface area contributed by atoms with Crippen molar-refractivity contribution >= 4 is 23.0 Å². The first-order chi connectivity index (χ1) is 11.3. The van der Waals surface area contributed by atoms with Crippen LogP contribution in [0.3, 0.4) is 0 Å². The van der Waals surface area contributed by atoms with Gasteiger partial charge in [-0.2, -0.15) is 13.2 Å². The Morgan fingerprint density at radius 1 is 1.17 bits per heavy atom. The summed E-state index contributed by atoms with van der Waals surface area (Å²) in [6.45, 7) is 2.37. The molecule has 1 aliphatic heterocycles. The third-order valence-corrected chi connectivity index (χ3v) is 4.07. The number of thioether (sulfide) groups is 1. The lowest BCUT2D eigenvalue weighted by atomic mass is 10.1. The summed E-state index contributed by atoms with van der Waals surface area (Å²) in [7, 11) is 0. The fraction of sp³-hybridized carbons (Fsp3) is 0.353. The van der Waals surface area contributed by atoms with E-state index in [1.54, 1.807) is 24.3 Å². The predicted molar refractivity (Wildman–Crippen MR) is 87.4 cm³/mol. The van der Waals surface area contributed by atoms with Crippen molar-refractivity contribution < 1.29 is 27.4 Å². The fourth-order valence-corrected chi connectivity index (χ4v) is 2.78. The van der Waals surface area contributed by atoms with E-state index in [1.165, 1.54) is 30.8 Å². The SMILES string of the molecule is CC(=O)SC1COC(/C=C/C=C/c2ccc(C(F)(F)F)cc2)OC1. The molecule has 3 nitrogen and oxygen atoms in total. The minimum atomic E-state index is -4.32. The van der Waals surface area contributed by atoms with E-state index in [0.717, 1.165) is 12.1 Å². The van der Waals surface area contributed by atoms with Crippen LogP contribution in [-0.4, -0.2) is 29.9 Å². The van der Waals surface area contributed by atoms with Gasteiger partial charge in [0.1, 0.15) is 0 Å². The number of allylic oxidation sites excluding steroid dienone is 2. The zero-order valence-electron chi connectivity index (χ0n) is 13.0. The molecule has 0 saturated carbocycles. The molecular formula is C17H17F3O3S. The smallest absolute Gasteiger partial charge is 0.348 e. The van der Waals surface area contributed by atoms with E-state index in [4.69, 9.17) is 9.47 Å². The lowest BCUT2D eigenvalue weighted by molar-refractivity contribution is -0.146. The van der Waals surface area contributed by atoms with Crippen molar-refractivity contribution in [2.24, 2.45) is 0 Å². The minimum absolute atomic E-state index is 0.00911. The summed E-state index contributed by atoms with van der Waals surface area (Å²) in [5, 5.41) is 0.0375. The van der Waals surface area contributed by atoms with Gasteiger partial charge in [0.2, 0.25) is 0 Å². The molecule has 0 aromatic heterocycles. The number of hydrogen-bond acceptors (Lipinski definition) is 4. The van der Waals surface area contributed by atoms with Crippen molar-refractivity contribution in [2.75, 3.05) is 13.2 Å². The van der Waals surface area contributed by atoms with Gasteiger partial charge in [-0.05, 0) is 23.8 Å². The predicted octanol–water partition coefficient (Wildman–Crippen LogP) is 4.30. The second kappa shape index (κ2) is 8.50. The first-order valence-corrected chi connectivity index (χ1v) is 8.15. The highest BCUT2D eigenvalue weighted by Crippen LogP contribution is 2.29. The zero-order valence-corrected chi connectivity index (χ0v) is 13.8. The second-order valence-electron chi connectivity index (χ2n) is 5.13. The van der Waals surface area contributed by atoms with Gasteiger partial charge in [-0.25, -0.2) is 0 Å². The molecule has 1 aliphatic rings. The van der Waals surface area contributed by atoms with E-state index in [9.17, 15) is 18.0 Å². The van der Waals surface area contributed by atoms with E-state index in [-0.39, 0.29) is 10.4 Å². The van der Waals surface area contributed by atoms with Gasteiger partial charge in [-0.1, -0.05) is 42.1 Å². The normalized spacial score (nSPS) is 22.3. The third kappa shape index (κ3) is 6.14. The molecular weight excluding hydrogens is 341 g/mol. The van der Waals surface area contributed by atoms with E-state index in [2.05, 4.69) is 0 Å². The van der Waals surface area contributed by atoms with Crippen molar-refractivity contribution in [3.8, 4) is 0 Å². The van der Waals surface area contributed by atoms with Gasteiger partial charge in [0, 0.05) is 6.92 Å². The topological polar surface area (TPSA) is 35.5 Å². The van der Waals surface area contributed by atoms with E-state index in [0.29, 0.717) is 18.8 Å². The van der Waals surface area contributed by atoms with Gasteiger partial charge in [0.05, 0.1) is 24.0 Å². The largest absolute Gasteiger partial charge is 0.416 e. The second-order valence-corrected chi connectivity index (χ2v) is 6.61. The van der Waals surface area contributed by atoms with Crippen LogP contribution in [0.2, 0.25) is 0 Å².